The number of fused-ring (bicyclic) bond motifs is 1. The predicted octanol–water partition coefficient (Wildman–Crippen LogP) is 3.93. The van der Waals surface area contributed by atoms with Gasteiger partial charge in [0.15, 0.2) is 0 Å². The van der Waals surface area contributed by atoms with Crippen LogP contribution in [0.15, 0.2) is 48.5 Å². The van der Waals surface area contributed by atoms with Gasteiger partial charge in [-0.15, -0.1) is 0 Å². The Morgan fingerprint density at radius 1 is 1.00 bits per heavy atom. The first kappa shape index (κ1) is 30.2. The number of nitrogens with two attached hydrogens (primary N) is 1. The summed E-state index contributed by atoms with van der Waals surface area (Å²) in [4.78, 5) is 53.8. The molecule has 2 N–H and O–H groups in total. The number of ether oxygens (including phenoxy) is 2. The highest BCUT2D eigenvalue weighted by Crippen LogP contribution is 2.33. The predicted molar refractivity (Wildman–Crippen MR) is 154 cm³/mol. The third-order valence-corrected chi connectivity index (χ3v) is 7.65. The van der Waals surface area contributed by atoms with E-state index in [0.29, 0.717) is 31.1 Å². The van der Waals surface area contributed by atoms with Crippen molar-refractivity contribution in [1.82, 2.24) is 9.80 Å². The number of likely N-dealkylation sites (tertiary alicyclic amines) is 1. The minimum absolute atomic E-state index is 0.000422. The fraction of sp³-hybridized carbons (Fsp3) is 0.500. The molecule has 0 spiro atoms. The summed E-state index contributed by atoms with van der Waals surface area (Å²) in [6.07, 6.45) is 2.33. The Kier molecular flexibility index (Phi) is 9.81. The van der Waals surface area contributed by atoms with E-state index in [-0.39, 0.29) is 31.3 Å². The monoisotopic (exact) mass is 563 g/mol. The minimum Gasteiger partial charge on any atom is -0.461 e. The number of primary amides is 1. The van der Waals surface area contributed by atoms with E-state index in [4.69, 9.17) is 15.2 Å². The molecule has 0 unspecified atom stereocenters. The van der Waals surface area contributed by atoms with Crippen LogP contribution in [0.2, 0.25) is 0 Å². The quantitative estimate of drug-likeness (QED) is 0.412. The summed E-state index contributed by atoms with van der Waals surface area (Å²) in [5, 5.41) is 0. The van der Waals surface area contributed by atoms with Gasteiger partial charge in [-0.05, 0) is 81.8 Å². The zero-order valence-corrected chi connectivity index (χ0v) is 24.3. The van der Waals surface area contributed by atoms with Crippen molar-refractivity contribution >= 4 is 23.8 Å². The van der Waals surface area contributed by atoms with Crippen LogP contribution in [0.25, 0.3) is 0 Å². The van der Waals surface area contributed by atoms with E-state index in [2.05, 4.69) is 11.0 Å². The Morgan fingerprint density at radius 3 is 2.37 bits per heavy atom. The molecule has 2 aliphatic heterocycles. The fourth-order valence-electron chi connectivity index (χ4n) is 5.50. The van der Waals surface area contributed by atoms with Crippen LogP contribution in [-0.2, 0) is 37.0 Å². The van der Waals surface area contributed by atoms with Gasteiger partial charge in [-0.1, -0.05) is 42.5 Å². The number of rotatable bonds is 11. The number of nitrogens with zero attached hydrogens (tertiary/aromatic N) is 2. The number of hydrogen-bond donors (Lipinski definition) is 1. The lowest BCUT2D eigenvalue weighted by Gasteiger charge is -2.32. The van der Waals surface area contributed by atoms with Crippen molar-refractivity contribution < 1.29 is 28.7 Å². The summed E-state index contributed by atoms with van der Waals surface area (Å²) in [6, 6.07) is 14.7. The van der Waals surface area contributed by atoms with Crippen molar-refractivity contribution in [1.29, 1.82) is 0 Å². The van der Waals surface area contributed by atoms with Gasteiger partial charge in [0.1, 0.15) is 18.2 Å². The van der Waals surface area contributed by atoms with Crippen LogP contribution in [0.1, 0.15) is 85.8 Å². The van der Waals surface area contributed by atoms with Crippen molar-refractivity contribution in [2.45, 2.75) is 83.6 Å². The second kappa shape index (κ2) is 13.3. The van der Waals surface area contributed by atoms with Crippen molar-refractivity contribution in [2.75, 3.05) is 19.6 Å². The molecule has 2 aromatic carbocycles. The molecule has 0 saturated carbocycles. The van der Waals surface area contributed by atoms with Crippen LogP contribution in [0.3, 0.4) is 0 Å². The number of piperidine rings is 1. The van der Waals surface area contributed by atoms with Gasteiger partial charge in [-0.3, -0.25) is 19.2 Å². The Bertz CT molecular complexity index is 1250. The molecule has 2 amide bonds. The van der Waals surface area contributed by atoms with Gasteiger partial charge in [0.05, 0.1) is 6.42 Å². The molecule has 1 atom stereocenters. The summed E-state index contributed by atoms with van der Waals surface area (Å²) >= 11 is 0. The third kappa shape index (κ3) is 8.39. The Balaban J connectivity index is 1.27. The van der Waals surface area contributed by atoms with E-state index in [0.717, 1.165) is 42.6 Å². The maximum Gasteiger partial charge on any atom is 0.307 e. The molecule has 2 heterocycles. The molecule has 0 bridgehead atoms. The van der Waals surface area contributed by atoms with Gasteiger partial charge in [0.2, 0.25) is 5.91 Å². The normalized spacial score (nSPS) is 16.8. The Morgan fingerprint density at radius 2 is 1.71 bits per heavy atom. The van der Waals surface area contributed by atoms with E-state index < -0.39 is 23.5 Å². The molecular formula is C32H41N3O6. The molecular weight excluding hydrogens is 522 g/mol. The number of esters is 2. The summed E-state index contributed by atoms with van der Waals surface area (Å²) in [5.41, 5.74) is 8.56. The van der Waals surface area contributed by atoms with E-state index >= 15 is 0 Å². The highest BCUT2D eigenvalue weighted by molar-refractivity contribution is 6.01. The Hall–Kier alpha value is -3.72. The van der Waals surface area contributed by atoms with Crippen molar-refractivity contribution in [3.8, 4) is 0 Å². The maximum absolute atomic E-state index is 13.3. The van der Waals surface area contributed by atoms with Crippen LogP contribution in [0.4, 0.5) is 0 Å². The topological polar surface area (TPSA) is 119 Å². The van der Waals surface area contributed by atoms with Crippen LogP contribution in [-0.4, -0.2) is 64.8 Å². The summed E-state index contributed by atoms with van der Waals surface area (Å²) < 4.78 is 10.7. The second-order valence-corrected chi connectivity index (χ2v) is 11.9. The van der Waals surface area contributed by atoms with Gasteiger partial charge in [0, 0.05) is 25.1 Å². The number of amides is 2. The molecule has 2 aliphatic rings. The van der Waals surface area contributed by atoms with Gasteiger partial charge in [-0.2, -0.15) is 0 Å². The lowest BCUT2D eigenvalue weighted by molar-refractivity contribution is -0.155. The number of carbonyl (C=O) groups excluding carboxylic acids is 4. The zero-order chi connectivity index (χ0) is 29.6. The number of carbonyl (C=O) groups is 4. The smallest absolute Gasteiger partial charge is 0.307 e. The molecule has 9 nitrogen and oxygen atoms in total. The zero-order valence-electron chi connectivity index (χ0n) is 24.3. The largest absolute Gasteiger partial charge is 0.461 e. The van der Waals surface area contributed by atoms with E-state index in [1.807, 2.05) is 42.5 Å². The van der Waals surface area contributed by atoms with Crippen molar-refractivity contribution in [3.05, 3.63) is 70.8 Å². The molecule has 1 saturated heterocycles. The molecule has 0 aromatic heterocycles. The molecule has 2 aromatic rings. The van der Waals surface area contributed by atoms with Crippen molar-refractivity contribution in [3.63, 3.8) is 0 Å². The van der Waals surface area contributed by atoms with Crippen molar-refractivity contribution in [2.24, 2.45) is 5.73 Å². The van der Waals surface area contributed by atoms with Crippen LogP contribution in [0, 0.1) is 0 Å². The molecule has 0 radical (unpaired) electrons. The van der Waals surface area contributed by atoms with Crippen LogP contribution < -0.4 is 5.73 Å². The van der Waals surface area contributed by atoms with Gasteiger partial charge in [0.25, 0.3) is 5.91 Å². The third-order valence-electron chi connectivity index (χ3n) is 7.65. The van der Waals surface area contributed by atoms with Crippen LogP contribution >= 0.6 is 0 Å². The summed E-state index contributed by atoms with van der Waals surface area (Å²) in [5.74, 6) is -1.18. The van der Waals surface area contributed by atoms with Gasteiger partial charge in [-0.25, -0.2) is 0 Å². The first-order valence-corrected chi connectivity index (χ1v) is 14.4. The highest BCUT2D eigenvalue weighted by Gasteiger charge is 2.36. The maximum atomic E-state index is 13.3. The fourth-order valence-corrected chi connectivity index (χ4v) is 5.50. The lowest BCUT2D eigenvalue weighted by atomic mass is 9.88. The van der Waals surface area contributed by atoms with Crippen LogP contribution in [0.5, 0.6) is 0 Å². The first-order chi connectivity index (χ1) is 19.5. The average Bonchev–Trinajstić information content (AvgIpc) is 3.25. The first-order valence-electron chi connectivity index (χ1n) is 14.4. The molecule has 41 heavy (non-hydrogen) atoms. The van der Waals surface area contributed by atoms with E-state index in [9.17, 15) is 19.2 Å². The molecule has 4 rings (SSSR count). The number of benzene rings is 2. The second-order valence-electron chi connectivity index (χ2n) is 11.9. The minimum atomic E-state index is -0.881. The SMILES string of the molecule is CC(C)(C)OC(=O)CC[C@@H](C(N)=O)N1Cc2ccc(C3CCN(CCC(=O)OCc4ccccc4)CC3)cc2C1=O. The summed E-state index contributed by atoms with van der Waals surface area (Å²) in [7, 11) is 0. The standard InChI is InChI=1S/C32H41N3O6/c1-32(2,3)41-29(37)12-11-27(30(33)38)35-20-25-10-9-24(19-26(25)31(35)39)23-13-16-34(17-14-23)18-15-28(36)40-21-22-7-5-4-6-8-22/h4-10,19,23,27H,11-18,20-21H2,1-3H3,(H2,33,38)/t27-/m0/s1. The Labute approximate surface area is 242 Å². The average molecular weight is 564 g/mol. The van der Waals surface area contributed by atoms with E-state index in [1.165, 1.54) is 4.90 Å². The molecule has 0 aliphatic carbocycles. The summed E-state index contributed by atoms with van der Waals surface area (Å²) in [6.45, 7) is 8.31. The van der Waals surface area contributed by atoms with E-state index in [1.54, 1.807) is 20.8 Å². The highest BCUT2D eigenvalue weighted by atomic mass is 16.6. The molecule has 220 valence electrons. The number of hydrogen-bond acceptors (Lipinski definition) is 7. The lowest BCUT2D eigenvalue weighted by Crippen LogP contribution is -2.45. The van der Waals surface area contributed by atoms with Gasteiger partial charge < -0.3 is 25.0 Å². The molecule has 1 fully saturated rings. The van der Waals surface area contributed by atoms with Gasteiger partial charge >= 0.3 is 11.9 Å². The molecule has 9 heteroatoms.